The Labute approximate surface area is 182 Å². The van der Waals surface area contributed by atoms with Crippen LogP contribution in [0.25, 0.3) is 11.3 Å². The van der Waals surface area contributed by atoms with Gasteiger partial charge in [0.05, 0.1) is 23.2 Å². The Morgan fingerprint density at radius 1 is 1.09 bits per heavy atom. The smallest absolute Gasteiger partial charge is 0.354 e. The third-order valence-electron chi connectivity index (χ3n) is 5.87. The van der Waals surface area contributed by atoms with Gasteiger partial charge in [-0.15, -0.1) is 0 Å². The van der Waals surface area contributed by atoms with Crippen LogP contribution in [0.4, 0.5) is 24.7 Å². The second-order valence-electron chi connectivity index (χ2n) is 8.05. The summed E-state index contributed by atoms with van der Waals surface area (Å²) in [4.78, 5) is 26.8. The Balaban J connectivity index is 1.47. The van der Waals surface area contributed by atoms with Crippen LogP contribution in [-0.2, 0) is 4.79 Å². The van der Waals surface area contributed by atoms with Crippen LogP contribution in [0.5, 0.6) is 0 Å². The molecular formula is C21H20F3N7O. The van der Waals surface area contributed by atoms with Gasteiger partial charge >= 0.3 is 6.18 Å². The highest BCUT2D eigenvalue weighted by molar-refractivity contribution is 6.10. The predicted octanol–water partition coefficient (Wildman–Crippen LogP) is 3.20. The van der Waals surface area contributed by atoms with Gasteiger partial charge < -0.3 is 9.80 Å². The van der Waals surface area contributed by atoms with Crippen molar-refractivity contribution in [3.05, 3.63) is 47.9 Å². The molecule has 3 aliphatic heterocycles. The molecule has 1 amide bonds. The number of nitrogens with zero attached hydrogens (tertiary/aromatic N) is 7. The SMILES string of the molecule is CN1CCN(c2ccc(-c3cc4c(cn3)C3N=NC=C3C(=O)N4CC(F)(F)F)cn2)CC1. The average molecular weight is 443 g/mol. The number of fused-ring (bicyclic) bond motifs is 3. The topological polar surface area (TPSA) is 77.3 Å². The molecule has 0 saturated carbocycles. The molecule has 166 valence electrons. The summed E-state index contributed by atoms with van der Waals surface area (Å²) in [6.45, 7) is 2.26. The molecule has 0 N–H and O–H groups in total. The normalized spacial score (nSPS) is 20.9. The summed E-state index contributed by atoms with van der Waals surface area (Å²) >= 11 is 0. The number of pyridine rings is 2. The van der Waals surface area contributed by atoms with Gasteiger partial charge in [-0.25, -0.2) is 4.98 Å². The van der Waals surface area contributed by atoms with E-state index in [4.69, 9.17) is 0 Å². The maximum atomic E-state index is 13.2. The van der Waals surface area contributed by atoms with Crippen molar-refractivity contribution in [1.82, 2.24) is 14.9 Å². The highest BCUT2D eigenvalue weighted by Gasteiger charge is 2.43. The summed E-state index contributed by atoms with van der Waals surface area (Å²) < 4.78 is 39.7. The van der Waals surface area contributed by atoms with Crippen molar-refractivity contribution < 1.29 is 18.0 Å². The van der Waals surface area contributed by atoms with E-state index < -0.39 is 24.7 Å². The Morgan fingerprint density at radius 2 is 1.88 bits per heavy atom. The fourth-order valence-corrected chi connectivity index (χ4v) is 4.12. The lowest BCUT2D eigenvalue weighted by Gasteiger charge is -2.33. The van der Waals surface area contributed by atoms with Crippen molar-refractivity contribution in [1.29, 1.82) is 0 Å². The predicted molar refractivity (Wildman–Crippen MR) is 111 cm³/mol. The zero-order chi connectivity index (χ0) is 22.5. The summed E-state index contributed by atoms with van der Waals surface area (Å²) in [5.74, 6) is 0.0975. The fourth-order valence-electron chi connectivity index (χ4n) is 4.12. The van der Waals surface area contributed by atoms with Crippen molar-refractivity contribution in [2.75, 3.05) is 49.6 Å². The molecule has 0 spiro atoms. The minimum atomic E-state index is -4.55. The highest BCUT2D eigenvalue weighted by Crippen LogP contribution is 2.44. The lowest BCUT2D eigenvalue weighted by atomic mass is 9.93. The van der Waals surface area contributed by atoms with Gasteiger partial charge in [-0.1, -0.05) is 0 Å². The summed E-state index contributed by atoms with van der Waals surface area (Å²) in [6.07, 6.45) is -0.212. The van der Waals surface area contributed by atoms with Crippen LogP contribution < -0.4 is 9.80 Å². The Hall–Kier alpha value is -3.34. The number of piperazine rings is 1. The van der Waals surface area contributed by atoms with Crippen LogP contribution >= 0.6 is 0 Å². The molecule has 5 rings (SSSR count). The zero-order valence-electron chi connectivity index (χ0n) is 17.2. The highest BCUT2D eigenvalue weighted by atomic mass is 19.4. The first-order valence-electron chi connectivity index (χ1n) is 10.2. The number of alkyl halides is 3. The Kier molecular flexibility index (Phi) is 4.92. The number of azo groups is 1. The lowest BCUT2D eigenvalue weighted by Crippen LogP contribution is -2.44. The number of hydrogen-bond acceptors (Lipinski definition) is 7. The van der Waals surface area contributed by atoms with Crippen LogP contribution in [0, 0.1) is 0 Å². The molecule has 2 aromatic heterocycles. The number of rotatable bonds is 3. The second kappa shape index (κ2) is 7.66. The molecule has 1 fully saturated rings. The van der Waals surface area contributed by atoms with Gasteiger partial charge in [0.15, 0.2) is 0 Å². The summed E-state index contributed by atoms with van der Waals surface area (Å²) in [5.41, 5.74) is 1.77. The summed E-state index contributed by atoms with van der Waals surface area (Å²) in [6, 6.07) is 4.50. The zero-order valence-corrected chi connectivity index (χ0v) is 17.2. The van der Waals surface area contributed by atoms with Crippen LogP contribution in [0.15, 0.2) is 52.6 Å². The van der Waals surface area contributed by atoms with E-state index in [1.165, 1.54) is 18.5 Å². The molecule has 2 aromatic rings. The average Bonchev–Trinajstić information content (AvgIpc) is 3.27. The number of anilines is 2. The van der Waals surface area contributed by atoms with Gasteiger partial charge in [0, 0.05) is 49.7 Å². The summed E-state index contributed by atoms with van der Waals surface area (Å²) in [5, 5.41) is 7.73. The van der Waals surface area contributed by atoms with Gasteiger partial charge in [-0.05, 0) is 25.2 Å². The first-order valence-corrected chi connectivity index (χ1v) is 10.2. The van der Waals surface area contributed by atoms with E-state index >= 15 is 0 Å². The van der Waals surface area contributed by atoms with Crippen molar-refractivity contribution in [2.45, 2.75) is 12.2 Å². The quantitative estimate of drug-likeness (QED) is 0.728. The third kappa shape index (κ3) is 3.72. The number of hydrogen-bond donors (Lipinski definition) is 0. The van der Waals surface area contributed by atoms with E-state index in [0.29, 0.717) is 16.8 Å². The Bertz CT molecular complexity index is 1110. The van der Waals surface area contributed by atoms with Gasteiger partial charge in [0.25, 0.3) is 5.91 Å². The molecule has 11 heteroatoms. The van der Waals surface area contributed by atoms with Gasteiger partial charge in [-0.3, -0.25) is 14.7 Å². The van der Waals surface area contributed by atoms with E-state index in [1.54, 1.807) is 6.20 Å². The van der Waals surface area contributed by atoms with Crippen molar-refractivity contribution in [3.63, 3.8) is 0 Å². The molecule has 0 aliphatic carbocycles. The first-order chi connectivity index (χ1) is 15.3. The van der Waals surface area contributed by atoms with E-state index in [1.807, 2.05) is 12.1 Å². The van der Waals surface area contributed by atoms with Gasteiger partial charge in [0.1, 0.15) is 18.4 Å². The maximum absolute atomic E-state index is 13.2. The number of aromatic nitrogens is 2. The molecule has 0 aromatic carbocycles. The van der Waals surface area contributed by atoms with E-state index in [2.05, 4.69) is 37.0 Å². The second-order valence-corrected chi connectivity index (χ2v) is 8.05. The third-order valence-corrected chi connectivity index (χ3v) is 5.87. The number of likely N-dealkylation sites (N-methyl/N-ethyl adjacent to an activating group) is 1. The van der Waals surface area contributed by atoms with Crippen LogP contribution in [0.3, 0.4) is 0 Å². The largest absolute Gasteiger partial charge is 0.406 e. The summed E-state index contributed by atoms with van der Waals surface area (Å²) in [7, 11) is 2.08. The molecule has 1 atom stereocenters. The lowest BCUT2D eigenvalue weighted by molar-refractivity contribution is -0.130. The standard InChI is InChI=1S/C21H20F3N7O/c1-29-4-6-30(7-5-29)18-3-2-13(9-26-18)16-8-17-14(10-25-16)19-15(11-27-28-19)20(32)31(17)12-21(22,23)24/h2-3,8-11,19H,4-7,12H2,1H3. The molecule has 8 nitrogen and oxygen atoms in total. The van der Waals surface area contributed by atoms with Crippen LogP contribution in [-0.4, -0.2) is 66.7 Å². The van der Waals surface area contributed by atoms with E-state index in [9.17, 15) is 18.0 Å². The fraction of sp³-hybridized carbons (Fsp3) is 0.381. The first kappa shape index (κ1) is 20.6. The van der Waals surface area contributed by atoms with Gasteiger partial charge in [-0.2, -0.15) is 23.4 Å². The van der Waals surface area contributed by atoms with E-state index in [0.717, 1.165) is 36.9 Å². The van der Waals surface area contributed by atoms with Crippen LogP contribution in [0.1, 0.15) is 11.6 Å². The van der Waals surface area contributed by atoms with Crippen LogP contribution in [0.2, 0.25) is 0 Å². The molecule has 0 radical (unpaired) electrons. The van der Waals surface area contributed by atoms with Crippen molar-refractivity contribution >= 4 is 17.4 Å². The molecule has 0 bridgehead atoms. The molecular weight excluding hydrogens is 423 g/mol. The van der Waals surface area contributed by atoms with E-state index in [-0.39, 0.29) is 11.3 Å². The minimum absolute atomic E-state index is 0.120. The number of carbonyl (C=O) groups excluding carboxylic acids is 1. The minimum Gasteiger partial charge on any atom is -0.354 e. The number of carbonyl (C=O) groups is 1. The molecule has 32 heavy (non-hydrogen) atoms. The maximum Gasteiger partial charge on any atom is 0.406 e. The van der Waals surface area contributed by atoms with Crippen molar-refractivity contribution in [3.8, 4) is 11.3 Å². The monoisotopic (exact) mass is 443 g/mol. The van der Waals surface area contributed by atoms with Crippen molar-refractivity contribution in [2.24, 2.45) is 10.2 Å². The molecule has 3 aliphatic rings. The Morgan fingerprint density at radius 3 is 2.56 bits per heavy atom. The molecule has 5 heterocycles. The molecule has 1 unspecified atom stereocenters. The molecule has 1 saturated heterocycles. The number of halogens is 3. The number of amides is 1. The van der Waals surface area contributed by atoms with Gasteiger partial charge in [0.2, 0.25) is 0 Å².